The van der Waals surface area contributed by atoms with Gasteiger partial charge in [-0.05, 0) is 93.6 Å². The molecule has 0 atom stereocenters. The number of nitrogens with zero attached hydrogens (tertiary/aromatic N) is 5. The van der Waals surface area contributed by atoms with E-state index in [2.05, 4.69) is 47.1 Å². The number of pyridine rings is 1. The Hall–Kier alpha value is -1.14. The highest BCUT2D eigenvalue weighted by molar-refractivity contribution is 8.25. The second-order valence-corrected chi connectivity index (χ2v) is 10.5. The van der Waals surface area contributed by atoms with E-state index in [-0.39, 0.29) is 0 Å². The van der Waals surface area contributed by atoms with Gasteiger partial charge in [0, 0.05) is 25.6 Å². The average Bonchev–Trinajstić information content (AvgIpc) is 3.74. The van der Waals surface area contributed by atoms with E-state index in [1.54, 1.807) is 36.1 Å². The minimum atomic E-state index is 1.00. The van der Waals surface area contributed by atoms with Gasteiger partial charge in [-0.15, -0.1) is 22.0 Å². The third-order valence-corrected chi connectivity index (χ3v) is 7.27. The number of rotatable bonds is 0. The Morgan fingerprint density at radius 1 is 0.765 bits per heavy atom. The van der Waals surface area contributed by atoms with Gasteiger partial charge in [0.15, 0.2) is 6.33 Å². The molecule has 0 spiro atoms. The van der Waals surface area contributed by atoms with Gasteiger partial charge >= 0.3 is 0 Å². The first-order valence-corrected chi connectivity index (χ1v) is 15.3. The fraction of sp³-hybridized carbons (Fsp3) is 0.696. The Bertz CT molecular complexity index is 499. The van der Waals surface area contributed by atoms with Crippen molar-refractivity contribution in [2.24, 2.45) is 4.40 Å². The van der Waals surface area contributed by atoms with Crippen LogP contribution in [0.5, 0.6) is 0 Å². The van der Waals surface area contributed by atoms with E-state index in [0.29, 0.717) is 0 Å². The Morgan fingerprint density at radius 2 is 1.47 bits per heavy atom. The number of thioether (sulfide) groups is 2. The normalized spacial score (nSPS) is 18.4. The summed E-state index contributed by atoms with van der Waals surface area (Å²) in [5.41, 5.74) is 1.87. The van der Waals surface area contributed by atoms with Gasteiger partial charge in [-0.3, -0.25) is 4.98 Å². The summed E-state index contributed by atoms with van der Waals surface area (Å²) in [6, 6.07) is 5.72. The van der Waals surface area contributed by atoms with Crippen LogP contribution in [0, 0.1) is 0 Å². The van der Waals surface area contributed by atoms with Crippen molar-refractivity contribution in [2.75, 3.05) is 42.9 Å². The van der Waals surface area contributed by atoms with Gasteiger partial charge in [0.25, 0.3) is 0 Å². The molecule has 6 heterocycles. The first-order valence-electron chi connectivity index (χ1n) is 12.1. The SMILES string of the molecule is C1=NSCS1.C1CCNCC1.C1CCOCC1.C1CCSCC1.c1ccncc1.c1nn[nH]n1. The van der Waals surface area contributed by atoms with Crippen LogP contribution in [-0.4, -0.2) is 74.0 Å². The van der Waals surface area contributed by atoms with Crippen molar-refractivity contribution in [1.29, 1.82) is 0 Å². The van der Waals surface area contributed by atoms with Gasteiger partial charge in [0.1, 0.15) is 0 Å². The minimum absolute atomic E-state index is 1.00. The first kappa shape index (κ1) is 30.9. The number of piperidine rings is 1. The Kier molecular flexibility index (Phi) is 25.5. The van der Waals surface area contributed by atoms with Crippen molar-refractivity contribution in [3.63, 3.8) is 0 Å². The smallest absolute Gasteiger partial charge is 0.161 e. The minimum Gasteiger partial charge on any atom is -0.381 e. The molecule has 2 N–H and O–H groups in total. The molecule has 4 aliphatic heterocycles. The van der Waals surface area contributed by atoms with Crippen LogP contribution in [0.4, 0.5) is 0 Å². The molecule has 0 aromatic carbocycles. The summed E-state index contributed by atoms with van der Waals surface area (Å²) in [6.45, 7) is 4.50. The number of aromatic amines is 1. The van der Waals surface area contributed by atoms with Crippen molar-refractivity contribution < 1.29 is 4.74 Å². The Morgan fingerprint density at radius 3 is 1.65 bits per heavy atom. The molecule has 2 aromatic rings. The number of tetrazole rings is 1. The van der Waals surface area contributed by atoms with Crippen molar-refractivity contribution >= 4 is 41.0 Å². The fourth-order valence-electron chi connectivity index (χ4n) is 2.77. The summed E-state index contributed by atoms with van der Waals surface area (Å²) < 4.78 is 8.91. The Balaban J connectivity index is 0.000000204. The number of hydrogen-bond acceptors (Lipinski definition) is 10. The maximum Gasteiger partial charge on any atom is 0.161 e. The monoisotopic (exact) mass is 527 g/mol. The molecule has 3 saturated heterocycles. The molecule has 192 valence electrons. The number of hydrogen-bond donors (Lipinski definition) is 2. The first-order chi connectivity index (χ1) is 17.0. The summed E-state index contributed by atoms with van der Waals surface area (Å²) in [7, 11) is 0. The maximum atomic E-state index is 5.07. The van der Waals surface area contributed by atoms with E-state index >= 15 is 0 Å². The van der Waals surface area contributed by atoms with Crippen LogP contribution in [0.3, 0.4) is 0 Å². The highest BCUT2D eigenvalue weighted by Gasteiger charge is 1.96. The van der Waals surface area contributed by atoms with Crippen molar-refractivity contribution in [3.8, 4) is 0 Å². The van der Waals surface area contributed by atoms with Crippen molar-refractivity contribution in [3.05, 3.63) is 36.9 Å². The second kappa shape index (κ2) is 28.1. The van der Waals surface area contributed by atoms with E-state index in [4.69, 9.17) is 4.74 Å². The lowest BCUT2D eigenvalue weighted by Gasteiger charge is -2.08. The van der Waals surface area contributed by atoms with Crippen LogP contribution in [0.2, 0.25) is 0 Å². The topological polar surface area (TPSA) is 101 Å². The lowest BCUT2D eigenvalue weighted by atomic mass is 10.2. The van der Waals surface area contributed by atoms with Crippen LogP contribution in [0.1, 0.15) is 57.8 Å². The van der Waals surface area contributed by atoms with Gasteiger partial charge in [0.05, 0.1) is 10.6 Å². The van der Waals surface area contributed by atoms with Crippen LogP contribution < -0.4 is 5.32 Å². The van der Waals surface area contributed by atoms with E-state index in [1.165, 1.54) is 88.7 Å². The molecule has 0 aliphatic carbocycles. The van der Waals surface area contributed by atoms with Crippen LogP contribution in [-0.2, 0) is 4.74 Å². The molecule has 0 saturated carbocycles. The van der Waals surface area contributed by atoms with E-state index < -0.39 is 0 Å². The molecule has 0 bridgehead atoms. The standard InChI is InChI=1S/C5H11N.C5H5N.C5H10O.C5H10S.C2H3NS2.CH2N4/c4*1-2-4-6-5-3-1;1-3-5-2-4-1;1-2-4-5-3-1/h6H,1-5H2;1-5H;2*1-5H2;1H,2H2;1H,(H,2,3,4,5). The molecule has 2 aromatic heterocycles. The Labute approximate surface area is 218 Å². The molecule has 4 aliphatic rings. The van der Waals surface area contributed by atoms with E-state index in [0.717, 1.165) is 18.3 Å². The van der Waals surface area contributed by atoms with Crippen molar-refractivity contribution in [1.82, 2.24) is 30.9 Å². The predicted molar refractivity (Wildman–Crippen MR) is 150 cm³/mol. The molecule has 34 heavy (non-hydrogen) atoms. The van der Waals surface area contributed by atoms with Gasteiger partial charge in [-0.2, -0.15) is 17.0 Å². The van der Waals surface area contributed by atoms with Crippen molar-refractivity contribution in [2.45, 2.75) is 57.8 Å². The molecular weight excluding hydrogens is 487 g/mol. The van der Waals surface area contributed by atoms with E-state index in [9.17, 15) is 0 Å². The molecule has 6 rings (SSSR count). The summed E-state index contributed by atoms with van der Waals surface area (Å²) in [5.74, 6) is 2.83. The van der Waals surface area contributed by atoms with Crippen LogP contribution in [0.15, 0.2) is 41.3 Å². The molecule has 0 radical (unpaired) electrons. The molecule has 0 unspecified atom stereocenters. The molecule has 3 fully saturated rings. The maximum absolute atomic E-state index is 5.07. The summed E-state index contributed by atoms with van der Waals surface area (Å²) in [6.07, 6.45) is 17.4. The van der Waals surface area contributed by atoms with E-state index in [1.807, 2.05) is 23.7 Å². The molecule has 0 amide bonds. The molecule has 11 heteroatoms. The highest BCUT2D eigenvalue weighted by Crippen LogP contribution is 2.17. The lowest BCUT2D eigenvalue weighted by Crippen LogP contribution is -2.21. The fourth-order valence-corrected chi connectivity index (χ4v) is 5.01. The summed E-state index contributed by atoms with van der Waals surface area (Å²) in [5, 5.41) is 16.6. The lowest BCUT2D eigenvalue weighted by molar-refractivity contribution is 0.0968. The van der Waals surface area contributed by atoms with Gasteiger partial charge in [-0.25, -0.2) is 4.40 Å². The molecular formula is C23H41N7OS3. The quantitative estimate of drug-likeness (QED) is 0.430. The molecule has 8 nitrogen and oxygen atoms in total. The number of ether oxygens (including phenoxy) is 1. The summed E-state index contributed by atoms with van der Waals surface area (Å²) >= 11 is 5.45. The van der Waals surface area contributed by atoms with Gasteiger partial charge in [0.2, 0.25) is 0 Å². The number of nitrogens with one attached hydrogen (secondary N) is 2. The number of aromatic nitrogens is 5. The second-order valence-electron chi connectivity index (χ2n) is 7.37. The van der Waals surface area contributed by atoms with Crippen LogP contribution in [0.25, 0.3) is 0 Å². The number of H-pyrrole nitrogens is 1. The highest BCUT2D eigenvalue weighted by atomic mass is 32.2. The average molecular weight is 528 g/mol. The summed E-state index contributed by atoms with van der Waals surface area (Å²) in [4.78, 5) is 3.78. The third kappa shape index (κ3) is 25.5. The third-order valence-electron chi connectivity index (χ3n) is 4.51. The van der Waals surface area contributed by atoms with Gasteiger partial charge in [-0.1, -0.05) is 24.1 Å². The predicted octanol–water partition coefficient (Wildman–Crippen LogP) is 5.50. The van der Waals surface area contributed by atoms with Crippen LogP contribution >= 0.6 is 35.5 Å². The van der Waals surface area contributed by atoms with Gasteiger partial charge < -0.3 is 10.1 Å². The zero-order valence-corrected chi connectivity index (χ0v) is 22.7. The zero-order valence-electron chi connectivity index (χ0n) is 20.2. The zero-order chi connectivity index (χ0) is 24.0. The largest absolute Gasteiger partial charge is 0.381 e.